The fourth-order valence-electron chi connectivity index (χ4n) is 1.49. The molecule has 0 amide bonds. The zero-order valence-corrected chi connectivity index (χ0v) is 12.1. The Balaban J connectivity index is 2.14. The van der Waals surface area contributed by atoms with Crippen LogP contribution >= 0.6 is 15.9 Å². The molecule has 1 atom stereocenters. The molecule has 0 aliphatic rings. The van der Waals surface area contributed by atoms with Crippen LogP contribution in [0.1, 0.15) is 37.5 Å². The molecule has 0 radical (unpaired) electrons. The van der Waals surface area contributed by atoms with Crippen molar-refractivity contribution in [3.8, 4) is 0 Å². The van der Waals surface area contributed by atoms with Gasteiger partial charge in [-0.25, -0.2) is 0 Å². The molecule has 1 aromatic carbocycles. The number of nitrogens with zero attached hydrogens (tertiary/aromatic N) is 2. The standard InChI is InChI=1S/C13H16BrN3O/c1-3-13(2,15)12-16-11(17-18-12)8-9-4-6-10(14)7-5-9/h4-7H,3,8,15H2,1-2H3. The van der Waals surface area contributed by atoms with Gasteiger partial charge in [-0.05, 0) is 31.0 Å². The quantitative estimate of drug-likeness (QED) is 0.943. The molecule has 0 saturated carbocycles. The second-order valence-electron chi connectivity index (χ2n) is 4.59. The second-order valence-corrected chi connectivity index (χ2v) is 5.51. The van der Waals surface area contributed by atoms with Gasteiger partial charge >= 0.3 is 0 Å². The molecule has 2 aromatic rings. The molecule has 0 aliphatic heterocycles. The third-order valence-corrected chi connectivity index (χ3v) is 3.50. The van der Waals surface area contributed by atoms with Crippen LogP contribution < -0.4 is 5.73 Å². The molecule has 0 saturated heterocycles. The second kappa shape index (κ2) is 5.20. The van der Waals surface area contributed by atoms with E-state index in [1.165, 1.54) is 0 Å². The Bertz CT molecular complexity index is 519. The molecule has 5 heteroatoms. The van der Waals surface area contributed by atoms with Gasteiger partial charge in [0.1, 0.15) is 0 Å². The molecule has 4 nitrogen and oxygen atoms in total. The lowest BCUT2D eigenvalue weighted by molar-refractivity contribution is 0.290. The van der Waals surface area contributed by atoms with Crippen LogP contribution in [-0.4, -0.2) is 10.1 Å². The van der Waals surface area contributed by atoms with Crippen molar-refractivity contribution in [3.63, 3.8) is 0 Å². The van der Waals surface area contributed by atoms with Gasteiger partial charge in [0.2, 0.25) is 5.89 Å². The highest BCUT2D eigenvalue weighted by molar-refractivity contribution is 9.10. The van der Waals surface area contributed by atoms with Gasteiger partial charge in [0.05, 0.1) is 5.54 Å². The van der Waals surface area contributed by atoms with E-state index >= 15 is 0 Å². The van der Waals surface area contributed by atoms with E-state index in [-0.39, 0.29) is 0 Å². The molecular weight excluding hydrogens is 294 g/mol. The zero-order chi connectivity index (χ0) is 13.2. The molecule has 1 aromatic heterocycles. The largest absolute Gasteiger partial charge is 0.337 e. The summed E-state index contributed by atoms with van der Waals surface area (Å²) in [5.74, 6) is 1.16. The van der Waals surface area contributed by atoms with Crippen LogP contribution in [-0.2, 0) is 12.0 Å². The van der Waals surface area contributed by atoms with Crippen molar-refractivity contribution in [1.82, 2.24) is 10.1 Å². The predicted molar refractivity (Wildman–Crippen MR) is 73.1 cm³/mol. The lowest BCUT2D eigenvalue weighted by Gasteiger charge is -2.16. The van der Waals surface area contributed by atoms with Gasteiger partial charge < -0.3 is 10.3 Å². The highest BCUT2D eigenvalue weighted by Crippen LogP contribution is 2.20. The molecule has 1 unspecified atom stereocenters. The zero-order valence-electron chi connectivity index (χ0n) is 10.5. The van der Waals surface area contributed by atoms with E-state index < -0.39 is 5.54 Å². The predicted octanol–water partition coefficient (Wildman–Crippen LogP) is 3.01. The molecule has 1 heterocycles. The van der Waals surface area contributed by atoms with Crippen molar-refractivity contribution >= 4 is 15.9 Å². The maximum atomic E-state index is 6.06. The molecule has 96 valence electrons. The van der Waals surface area contributed by atoms with Crippen molar-refractivity contribution in [2.45, 2.75) is 32.2 Å². The fraction of sp³-hybridized carbons (Fsp3) is 0.385. The highest BCUT2D eigenvalue weighted by atomic mass is 79.9. The van der Waals surface area contributed by atoms with Gasteiger partial charge in [-0.15, -0.1) is 0 Å². The first kappa shape index (κ1) is 13.2. The molecule has 18 heavy (non-hydrogen) atoms. The number of hydrogen-bond donors (Lipinski definition) is 1. The summed E-state index contributed by atoms with van der Waals surface area (Å²) in [6, 6.07) is 8.05. The average Bonchev–Trinajstić information content (AvgIpc) is 2.81. The number of halogens is 1. The van der Waals surface area contributed by atoms with Gasteiger partial charge in [0.15, 0.2) is 5.82 Å². The van der Waals surface area contributed by atoms with Crippen LogP contribution in [0.4, 0.5) is 0 Å². The third-order valence-electron chi connectivity index (χ3n) is 2.97. The summed E-state index contributed by atoms with van der Waals surface area (Å²) in [7, 11) is 0. The lowest BCUT2D eigenvalue weighted by atomic mass is 10.0. The first-order valence-corrected chi connectivity index (χ1v) is 6.67. The number of rotatable bonds is 4. The molecule has 0 fully saturated rings. The summed E-state index contributed by atoms with van der Waals surface area (Å²) < 4.78 is 6.28. The van der Waals surface area contributed by atoms with E-state index in [0.717, 1.165) is 16.5 Å². The molecule has 0 aliphatic carbocycles. The molecule has 2 N–H and O–H groups in total. The Kier molecular flexibility index (Phi) is 3.82. The molecule has 2 rings (SSSR count). The number of aromatic nitrogens is 2. The third kappa shape index (κ3) is 2.97. The summed E-state index contributed by atoms with van der Waals surface area (Å²) >= 11 is 3.40. The average molecular weight is 310 g/mol. The van der Waals surface area contributed by atoms with Crippen LogP contribution in [0.15, 0.2) is 33.3 Å². The van der Waals surface area contributed by atoms with Crippen molar-refractivity contribution in [3.05, 3.63) is 46.0 Å². The Labute approximate surface area is 115 Å². The summed E-state index contributed by atoms with van der Waals surface area (Å²) in [5.41, 5.74) is 6.65. The van der Waals surface area contributed by atoms with E-state index in [9.17, 15) is 0 Å². The van der Waals surface area contributed by atoms with E-state index in [1.54, 1.807) is 0 Å². The SMILES string of the molecule is CCC(C)(N)c1nc(Cc2ccc(Br)cc2)no1. The van der Waals surface area contributed by atoms with Gasteiger partial charge in [-0.3, -0.25) is 0 Å². The normalized spacial score (nSPS) is 14.4. The minimum Gasteiger partial charge on any atom is -0.337 e. The Morgan fingerprint density at radius 3 is 2.61 bits per heavy atom. The van der Waals surface area contributed by atoms with Crippen LogP contribution in [0, 0.1) is 0 Å². The van der Waals surface area contributed by atoms with E-state index in [0.29, 0.717) is 18.1 Å². The van der Waals surface area contributed by atoms with Crippen molar-refractivity contribution in [2.24, 2.45) is 5.73 Å². The Morgan fingerprint density at radius 2 is 2.00 bits per heavy atom. The van der Waals surface area contributed by atoms with E-state index in [4.69, 9.17) is 10.3 Å². The Hall–Kier alpha value is -1.20. The van der Waals surface area contributed by atoms with Gasteiger partial charge in [0.25, 0.3) is 0 Å². The summed E-state index contributed by atoms with van der Waals surface area (Å²) in [4.78, 5) is 4.36. The van der Waals surface area contributed by atoms with Crippen molar-refractivity contribution < 1.29 is 4.52 Å². The van der Waals surface area contributed by atoms with E-state index in [1.807, 2.05) is 38.1 Å². The van der Waals surface area contributed by atoms with Gasteiger partial charge in [-0.1, -0.05) is 40.1 Å². The lowest BCUT2D eigenvalue weighted by Crippen LogP contribution is -2.32. The first-order chi connectivity index (χ1) is 8.51. The van der Waals surface area contributed by atoms with E-state index in [2.05, 4.69) is 26.1 Å². The number of nitrogens with two attached hydrogens (primary N) is 1. The summed E-state index contributed by atoms with van der Waals surface area (Å²) in [6.07, 6.45) is 1.41. The topological polar surface area (TPSA) is 64.9 Å². The van der Waals surface area contributed by atoms with Crippen molar-refractivity contribution in [1.29, 1.82) is 0 Å². The monoisotopic (exact) mass is 309 g/mol. The molecule has 0 spiro atoms. The Morgan fingerprint density at radius 1 is 1.33 bits per heavy atom. The van der Waals surface area contributed by atoms with Crippen LogP contribution in [0.2, 0.25) is 0 Å². The van der Waals surface area contributed by atoms with Crippen LogP contribution in [0.25, 0.3) is 0 Å². The summed E-state index contributed by atoms with van der Waals surface area (Å²) in [5, 5.41) is 3.97. The van der Waals surface area contributed by atoms with Crippen molar-refractivity contribution in [2.75, 3.05) is 0 Å². The van der Waals surface area contributed by atoms with Gasteiger partial charge in [0, 0.05) is 10.9 Å². The minimum atomic E-state index is -0.551. The highest BCUT2D eigenvalue weighted by Gasteiger charge is 2.26. The fourth-order valence-corrected chi connectivity index (χ4v) is 1.76. The number of benzene rings is 1. The number of hydrogen-bond acceptors (Lipinski definition) is 4. The van der Waals surface area contributed by atoms with Gasteiger partial charge in [-0.2, -0.15) is 4.98 Å². The first-order valence-electron chi connectivity index (χ1n) is 5.87. The maximum absolute atomic E-state index is 6.06. The smallest absolute Gasteiger partial charge is 0.246 e. The molecular formula is C13H16BrN3O. The van der Waals surface area contributed by atoms with Crippen LogP contribution in [0.5, 0.6) is 0 Å². The minimum absolute atomic E-state index is 0.497. The van der Waals surface area contributed by atoms with Crippen LogP contribution in [0.3, 0.4) is 0 Å². The maximum Gasteiger partial charge on any atom is 0.246 e. The summed E-state index contributed by atoms with van der Waals surface area (Å²) in [6.45, 7) is 3.89. The molecule has 0 bridgehead atoms.